The molecule has 0 radical (unpaired) electrons. The van der Waals surface area contributed by atoms with Crippen LogP contribution in [0.2, 0.25) is 0 Å². The fourth-order valence-corrected chi connectivity index (χ4v) is 3.89. The minimum absolute atomic E-state index is 0.0955. The molecule has 0 bridgehead atoms. The highest BCUT2D eigenvalue weighted by atomic mass is 32.1. The fraction of sp³-hybridized carbons (Fsp3) is 0.588. The number of ether oxygens (including phenoxy) is 1. The zero-order valence-corrected chi connectivity index (χ0v) is 14.5. The van der Waals surface area contributed by atoms with Crippen LogP contribution in [0.25, 0.3) is 10.2 Å². The highest BCUT2D eigenvalue weighted by molar-refractivity contribution is 7.18. The van der Waals surface area contributed by atoms with Crippen molar-refractivity contribution in [1.82, 2.24) is 10.3 Å². The molecule has 1 aromatic carbocycles. The first-order valence-electron chi connectivity index (χ1n) is 7.56. The van der Waals surface area contributed by atoms with Crippen LogP contribution < -0.4 is 5.32 Å². The Hall–Kier alpha value is -0.970. The molecule has 0 spiro atoms. The SMILES string of the molecule is CCNC(Cc1nc2ccccc2s1)C(OC)C(C)(C)C. The molecule has 2 aromatic rings. The van der Waals surface area contributed by atoms with Gasteiger partial charge in [0, 0.05) is 19.6 Å². The van der Waals surface area contributed by atoms with E-state index in [1.54, 1.807) is 18.4 Å². The number of rotatable bonds is 6. The van der Waals surface area contributed by atoms with E-state index in [2.05, 4.69) is 51.2 Å². The maximum absolute atomic E-state index is 5.79. The van der Waals surface area contributed by atoms with Crippen LogP contribution in [0.1, 0.15) is 32.7 Å². The molecule has 0 saturated carbocycles. The molecule has 0 fully saturated rings. The van der Waals surface area contributed by atoms with E-state index in [9.17, 15) is 0 Å². The average Bonchev–Trinajstić information content (AvgIpc) is 2.80. The molecule has 0 aliphatic carbocycles. The summed E-state index contributed by atoms with van der Waals surface area (Å²) in [5, 5.41) is 4.75. The van der Waals surface area contributed by atoms with Gasteiger partial charge in [-0.3, -0.25) is 0 Å². The summed E-state index contributed by atoms with van der Waals surface area (Å²) in [6, 6.07) is 8.60. The maximum Gasteiger partial charge on any atom is 0.0955 e. The smallest absolute Gasteiger partial charge is 0.0955 e. The topological polar surface area (TPSA) is 34.2 Å². The molecule has 0 aliphatic rings. The molecule has 1 heterocycles. The Balaban J connectivity index is 2.22. The van der Waals surface area contributed by atoms with Crippen molar-refractivity contribution < 1.29 is 4.74 Å². The number of aromatic nitrogens is 1. The first kappa shape index (κ1) is 16.4. The number of thiazole rings is 1. The molecule has 1 aromatic heterocycles. The lowest BCUT2D eigenvalue weighted by Gasteiger charge is -2.36. The van der Waals surface area contributed by atoms with Crippen molar-refractivity contribution in [3.05, 3.63) is 29.3 Å². The summed E-state index contributed by atoms with van der Waals surface area (Å²) in [6.07, 6.45) is 1.06. The van der Waals surface area contributed by atoms with Crippen molar-refractivity contribution in [2.75, 3.05) is 13.7 Å². The Labute approximate surface area is 131 Å². The van der Waals surface area contributed by atoms with Crippen molar-refractivity contribution in [3.8, 4) is 0 Å². The summed E-state index contributed by atoms with van der Waals surface area (Å²) in [4.78, 5) is 4.76. The molecule has 4 heteroatoms. The largest absolute Gasteiger partial charge is 0.379 e. The monoisotopic (exact) mass is 306 g/mol. The number of fused-ring (bicyclic) bond motifs is 1. The van der Waals surface area contributed by atoms with Crippen LogP contribution >= 0.6 is 11.3 Å². The first-order valence-corrected chi connectivity index (χ1v) is 8.38. The van der Waals surface area contributed by atoms with E-state index in [0.717, 1.165) is 18.5 Å². The van der Waals surface area contributed by atoms with E-state index in [0.29, 0.717) is 0 Å². The summed E-state index contributed by atoms with van der Waals surface area (Å²) in [5.74, 6) is 0. The van der Waals surface area contributed by atoms with E-state index >= 15 is 0 Å². The summed E-state index contributed by atoms with van der Waals surface area (Å²) < 4.78 is 7.05. The van der Waals surface area contributed by atoms with Gasteiger partial charge >= 0.3 is 0 Å². The Kier molecular flexibility index (Phi) is 5.36. The highest BCUT2D eigenvalue weighted by Gasteiger charge is 2.32. The average molecular weight is 306 g/mol. The first-order chi connectivity index (χ1) is 9.95. The molecule has 1 N–H and O–H groups in total. The third-order valence-corrected chi connectivity index (χ3v) is 4.73. The molecule has 21 heavy (non-hydrogen) atoms. The van der Waals surface area contributed by atoms with Crippen molar-refractivity contribution >= 4 is 21.6 Å². The number of para-hydroxylation sites is 1. The molecule has 116 valence electrons. The number of hydrogen-bond donors (Lipinski definition) is 1. The normalized spacial score (nSPS) is 15.3. The van der Waals surface area contributed by atoms with Crippen molar-refractivity contribution in [2.45, 2.75) is 46.3 Å². The second kappa shape index (κ2) is 6.86. The van der Waals surface area contributed by atoms with Gasteiger partial charge in [-0.05, 0) is 24.1 Å². The van der Waals surface area contributed by atoms with Gasteiger partial charge in [-0.15, -0.1) is 11.3 Å². The number of benzene rings is 1. The van der Waals surface area contributed by atoms with Crippen molar-refractivity contribution in [1.29, 1.82) is 0 Å². The predicted molar refractivity (Wildman–Crippen MR) is 91.0 cm³/mol. The third kappa shape index (κ3) is 4.02. The molecule has 3 nitrogen and oxygen atoms in total. The molecule has 2 unspecified atom stereocenters. The van der Waals surface area contributed by atoms with Crippen molar-refractivity contribution in [2.24, 2.45) is 5.41 Å². The summed E-state index contributed by atoms with van der Waals surface area (Å²) in [5.41, 5.74) is 1.19. The molecular formula is C17H26N2OS. The lowest BCUT2D eigenvalue weighted by molar-refractivity contribution is -0.0106. The van der Waals surface area contributed by atoms with E-state index in [1.807, 2.05) is 6.07 Å². The van der Waals surface area contributed by atoms with Gasteiger partial charge in [0.2, 0.25) is 0 Å². The van der Waals surface area contributed by atoms with Crippen molar-refractivity contribution in [3.63, 3.8) is 0 Å². The highest BCUT2D eigenvalue weighted by Crippen LogP contribution is 2.28. The van der Waals surface area contributed by atoms with Crippen LogP contribution in [0.5, 0.6) is 0 Å². The second-order valence-electron chi connectivity index (χ2n) is 6.47. The minimum Gasteiger partial charge on any atom is -0.379 e. The minimum atomic E-state index is 0.0955. The number of methoxy groups -OCH3 is 1. The number of nitrogens with zero attached hydrogens (tertiary/aromatic N) is 1. The van der Waals surface area contributed by atoms with Gasteiger partial charge in [0.05, 0.1) is 21.3 Å². The molecule has 0 amide bonds. The van der Waals surface area contributed by atoms with Crippen LogP contribution in [-0.2, 0) is 11.2 Å². The van der Waals surface area contributed by atoms with Gasteiger partial charge < -0.3 is 10.1 Å². The maximum atomic E-state index is 5.79. The van der Waals surface area contributed by atoms with Gasteiger partial charge in [0.1, 0.15) is 0 Å². The molecule has 0 aliphatic heterocycles. The molecule has 0 saturated heterocycles. The second-order valence-corrected chi connectivity index (χ2v) is 7.58. The van der Waals surface area contributed by atoms with E-state index in [1.165, 1.54) is 9.71 Å². The Morgan fingerprint density at radius 3 is 2.57 bits per heavy atom. The summed E-state index contributed by atoms with van der Waals surface area (Å²) in [7, 11) is 1.80. The molecular weight excluding hydrogens is 280 g/mol. The number of hydrogen-bond acceptors (Lipinski definition) is 4. The molecule has 2 atom stereocenters. The van der Waals surface area contributed by atoms with Crippen LogP contribution in [0.15, 0.2) is 24.3 Å². The van der Waals surface area contributed by atoms with E-state index < -0.39 is 0 Å². The van der Waals surface area contributed by atoms with Crippen LogP contribution in [-0.4, -0.2) is 30.8 Å². The number of nitrogens with one attached hydrogen (secondary N) is 1. The van der Waals surface area contributed by atoms with Crippen LogP contribution in [0, 0.1) is 5.41 Å². The van der Waals surface area contributed by atoms with E-state index in [-0.39, 0.29) is 17.6 Å². The van der Waals surface area contributed by atoms with Crippen LogP contribution in [0.3, 0.4) is 0 Å². The van der Waals surface area contributed by atoms with Gasteiger partial charge in [0.25, 0.3) is 0 Å². The summed E-state index contributed by atoms with van der Waals surface area (Å²) >= 11 is 1.78. The predicted octanol–water partition coefficient (Wildman–Crippen LogP) is 3.88. The van der Waals surface area contributed by atoms with E-state index in [4.69, 9.17) is 9.72 Å². The third-order valence-electron chi connectivity index (χ3n) is 3.67. The van der Waals surface area contributed by atoms with Crippen LogP contribution in [0.4, 0.5) is 0 Å². The van der Waals surface area contributed by atoms with Gasteiger partial charge in [-0.1, -0.05) is 39.8 Å². The zero-order chi connectivity index (χ0) is 15.5. The zero-order valence-electron chi connectivity index (χ0n) is 13.6. The summed E-state index contributed by atoms with van der Waals surface area (Å²) in [6.45, 7) is 9.75. The van der Waals surface area contributed by atoms with Gasteiger partial charge in [-0.25, -0.2) is 4.98 Å². The van der Waals surface area contributed by atoms with Gasteiger partial charge in [0.15, 0.2) is 0 Å². The Bertz CT molecular complexity index is 540. The quantitative estimate of drug-likeness (QED) is 0.879. The number of likely N-dealkylation sites (N-methyl/N-ethyl adjacent to an activating group) is 1. The Morgan fingerprint density at radius 2 is 2.00 bits per heavy atom. The van der Waals surface area contributed by atoms with Gasteiger partial charge in [-0.2, -0.15) is 0 Å². The lowest BCUT2D eigenvalue weighted by atomic mass is 9.83. The standard InChI is InChI=1S/C17H26N2OS/c1-6-18-13(16(20-5)17(2,3)4)11-15-19-12-9-7-8-10-14(12)21-15/h7-10,13,16,18H,6,11H2,1-5H3. The Morgan fingerprint density at radius 1 is 1.29 bits per heavy atom. The lowest BCUT2D eigenvalue weighted by Crippen LogP contribution is -2.48. The molecule has 2 rings (SSSR count). The fourth-order valence-electron chi connectivity index (χ4n) is 2.87.